The molecular formula is C18H18ClNO2S. The molecule has 0 fully saturated rings. The predicted octanol–water partition coefficient (Wildman–Crippen LogP) is 4.78. The van der Waals surface area contributed by atoms with Crippen molar-refractivity contribution in [2.75, 3.05) is 5.32 Å². The van der Waals surface area contributed by atoms with Crippen molar-refractivity contribution in [2.24, 2.45) is 0 Å². The standard InChI is InChI=1S/C18H18ClNO2S/c1-11(2)22-17-13(19)7-5-8-14(17)20-18(21)16-10-12-6-3-4-9-15(12)23-16/h3-9,11,16H,10H2,1-2H3,(H,20,21). The van der Waals surface area contributed by atoms with Crippen molar-refractivity contribution in [2.45, 2.75) is 36.5 Å². The first-order valence-electron chi connectivity index (χ1n) is 7.55. The lowest BCUT2D eigenvalue weighted by atomic mass is 10.1. The highest BCUT2D eigenvalue weighted by atomic mass is 35.5. The second-order valence-electron chi connectivity index (χ2n) is 5.69. The number of nitrogens with one attached hydrogen (secondary N) is 1. The molecule has 0 aromatic heterocycles. The minimum Gasteiger partial charge on any atom is -0.487 e. The number of thioether (sulfide) groups is 1. The van der Waals surface area contributed by atoms with E-state index in [-0.39, 0.29) is 17.3 Å². The SMILES string of the molecule is CC(C)Oc1c(Cl)cccc1NC(=O)C1Cc2ccccc2S1. The number of para-hydroxylation sites is 1. The Bertz CT molecular complexity index is 708. The smallest absolute Gasteiger partial charge is 0.238 e. The van der Waals surface area contributed by atoms with Gasteiger partial charge in [0.2, 0.25) is 5.91 Å². The monoisotopic (exact) mass is 347 g/mol. The second-order valence-corrected chi connectivity index (χ2v) is 7.34. The fraction of sp³-hybridized carbons (Fsp3) is 0.278. The van der Waals surface area contributed by atoms with E-state index in [0.29, 0.717) is 16.5 Å². The van der Waals surface area contributed by atoms with Crippen molar-refractivity contribution in [3.63, 3.8) is 0 Å². The van der Waals surface area contributed by atoms with Crippen molar-refractivity contribution >= 4 is 35.0 Å². The summed E-state index contributed by atoms with van der Waals surface area (Å²) < 4.78 is 5.75. The van der Waals surface area contributed by atoms with Crippen LogP contribution in [0.3, 0.4) is 0 Å². The molecule has 5 heteroatoms. The van der Waals surface area contributed by atoms with Gasteiger partial charge in [0.05, 0.1) is 22.1 Å². The van der Waals surface area contributed by atoms with E-state index >= 15 is 0 Å². The summed E-state index contributed by atoms with van der Waals surface area (Å²) in [5, 5.41) is 3.34. The van der Waals surface area contributed by atoms with Crippen LogP contribution in [0, 0.1) is 0 Å². The van der Waals surface area contributed by atoms with Gasteiger partial charge in [-0.05, 0) is 44.0 Å². The molecule has 1 N–H and O–H groups in total. The molecule has 3 rings (SSSR count). The van der Waals surface area contributed by atoms with Crippen molar-refractivity contribution in [3.8, 4) is 5.75 Å². The molecule has 0 bridgehead atoms. The largest absolute Gasteiger partial charge is 0.487 e. The van der Waals surface area contributed by atoms with Crippen LogP contribution in [0.25, 0.3) is 0 Å². The summed E-state index contributed by atoms with van der Waals surface area (Å²) in [7, 11) is 0. The van der Waals surface area contributed by atoms with E-state index in [0.717, 1.165) is 6.42 Å². The number of carbonyl (C=O) groups excluding carboxylic acids is 1. The summed E-state index contributed by atoms with van der Waals surface area (Å²) in [5.41, 5.74) is 1.84. The molecule has 1 unspecified atom stereocenters. The van der Waals surface area contributed by atoms with Crippen molar-refractivity contribution < 1.29 is 9.53 Å². The Hall–Kier alpha value is -1.65. The molecule has 1 aliphatic rings. The zero-order chi connectivity index (χ0) is 16.4. The number of anilines is 1. The van der Waals surface area contributed by atoms with Crippen molar-refractivity contribution in [3.05, 3.63) is 53.1 Å². The second kappa shape index (κ2) is 6.85. The number of hydrogen-bond donors (Lipinski definition) is 1. The van der Waals surface area contributed by atoms with Crippen LogP contribution in [-0.4, -0.2) is 17.3 Å². The Morgan fingerprint density at radius 1 is 1.26 bits per heavy atom. The first kappa shape index (κ1) is 16.2. The molecule has 1 heterocycles. The van der Waals surface area contributed by atoms with E-state index in [2.05, 4.69) is 17.4 Å². The number of fused-ring (bicyclic) bond motifs is 1. The van der Waals surface area contributed by atoms with Gasteiger partial charge in [0, 0.05) is 4.90 Å². The quantitative estimate of drug-likeness (QED) is 0.864. The number of hydrogen-bond acceptors (Lipinski definition) is 3. The average Bonchev–Trinajstić information content (AvgIpc) is 2.94. The molecule has 3 nitrogen and oxygen atoms in total. The zero-order valence-electron chi connectivity index (χ0n) is 13.0. The summed E-state index contributed by atoms with van der Waals surface area (Å²) in [5.74, 6) is 0.500. The number of carbonyl (C=O) groups is 1. The molecule has 0 aliphatic carbocycles. The molecule has 0 radical (unpaired) electrons. The van der Waals surface area contributed by atoms with Crippen LogP contribution in [-0.2, 0) is 11.2 Å². The van der Waals surface area contributed by atoms with Gasteiger partial charge in [-0.3, -0.25) is 4.79 Å². The van der Waals surface area contributed by atoms with Crippen LogP contribution in [0.15, 0.2) is 47.4 Å². The number of benzene rings is 2. The molecule has 2 aromatic rings. The van der Waals surface area contributed by atoms with E-state index in [4.69, 9.17) is 16.3 Å². The maximum absolute atomic E-state index is 12.6. The Balaban J connectivity index is 1.76. The summed E-state index contributed by atoms with van der Waals surface area (Å²) in [6.07, 6.45) is 0.726. The predicted molar refractivity (Wildman–Crippen MR) is 95.6 cm³/mol. The van der Waals surface area contributed by atoms with Crippen LogP contribution in [0.5, 0.6) is 5.75 Å². The van der Waals surface area contributed by atoms with E-state index in [9.17, 15) is 4.79 Å². The summed E-state index contributed by atoms with van der Waals surface area (Å²) >= 11 is 7.81. The van der Waals surface area contributed by atoms with Crippen molar-refractivity contribution in [1.29, 1.82) is 0 Å². The van der Waals surface area contributed by atoms with Crippen molar-refractivity contribution in [1.82, 2.24) is 0 Å². The molecule has 1 atom stereocenters. The van der Waals surface area contributed by atoms with Gasteiger partial charge in [-0.2, -0.15) is 0 Å². The molecule has 23 heavy (non-hydrogen) atoms. The van der Waals surface area contributed by atoms with E-state index in [1.54, 1.807) is 17.8 Å². The topological polar surface area (TPSA) is 38.3 Å². The van der Waals surface area contributed by atoms with Crippen LogP contribution in [0.2, 0.25) is 5.02 Å². The van der Waals surface area contributed by atoms with E-state index < -0.39 is 0 Å². The lowest BCUT2D eigenvalue weighted by Gasteiger charge is -2.17. The zero-order valence-corrected chi connectivity index (χ0v) is 14.6. The summed E-state index contributed by atoms with van der Waals surface area (Å²) in [4.78, 5) is 13.8. The summed E-state index contributed by atoms with van der Waals surface area (Å²) in [6.45, 7) is 3.86. The Kier molecular flexibility index (Phi) is 4.83. The molecule has 1 aliphatic heterocycles. The van der Waals surface area contributed by atoms with Gasteiger partial charge in [0.25, 0.3) is 0 Å². The molecule has 0 saturated carbocycles. The van der Waals surface area contributed by atoms with Gasteiger partial charge in [-0.25, -0.2) is 0 Å². The van der Waals surface area contributed by atoms with E-state index in [1.807, 2.05) is 38.1 Å². The third-order valence-corrected chi connectivity index (χ3v) is 5.13. The van der Waals surface area contributed by atoms with Gasteiger partial charge in [0.15, 0.2) is 5.75 Å². The minimum absolute atomic E-state index is 0.0179. The molecule has 0 spiro atoms. The van der Waals surface area contributed by atoms with Gasteiger partial charge in [-0.15, -0.1) is 11.8 Å². The molecule has 1 amide bonds. The lowest BCUT2D eigenvalue weighted by molar-refractivity contribution is -0.115. The first-order valence-corrected chi connectivity index (χ1v) is 8.81. The number of rotatable bonds is 4. The highest BCUT2D eigenvalue weighted by molar-refractivity contribution is 8.01. The third-order valence-electron chi connectivity index (χ3n) is 3.52. The number of ether oxygens (including phenoxy) is 1. The highest BCUT2D eigenvalue weighted by Gasteiger charge is 2.28. The Morgan fingerprint density at radius 3 is 2.78 bits per heavy atom. The number of amides is 1. The van der Waals surface area contributed by atoms with Gasteiger partial charge in [0.1, 0.15) is 0 Å². The summed E-state index contributed by atoms with van der Waals surface area (Å²) in [6, 6.07) is 13.5. The normalized spacial score (nSPS) is 16.3. The Morgan fingerprint density at radius 2 is 2.04 bits per heavy atom. The first-order chi connectivity index (χ1) is 11.0. The maximum Gasteiger partial charge on any atom is 0.238 e. The fourth-order valence-electron chi connectivity index (χ4n) is 2.50. The van der Waals surface area contributed by atoms with Crippen LogP contribution in [0.1, 0.15) is 19.4 Å². The third kappa shape index (κ3) is 3.65. The molecule has 0 saturated heterocycles. The Labute approximate surface area is 145 Å². The average molecular weight is 348 g/mol. The van der Waals surface area contributed by atoms with Crippen LogP contribution >= 0.6 is 23.4 Å². The highest BCUT2D eigenvalue weighted by Crippen LogP contribution is 2.39. The van der Waals surface area contributed by atoms with E-state index in [1.165, 1.54) is 10.5 Å². The van der Waals surface area contributed by atoms with Crippen LogP contribution in [0.4, 0.5) is 5.69 Å². The fourth-order valence-corrected chi connectivity index (χ4v) is 3.92. The minimum atomic E-state index is -0.127. The number of halogens is 1. The maximum atomic E-state index is 12.6. The lowest BCUT2D eigenvalue weighted by Crippen LogP contribution is -2.25. The van der Waals surface area contributed by atoms with Gasteiger partial charge in [-0.1, -0.05) is 35.9 Å². The van der Waals surface area contributed by atoms with Gasteiger partial charge >= 0.3 is 0 Å². The molecule has 2 aromatic carbocycles. The van der Waals surface area contributed by atoms with Gasteiger partial charge < -0.3 is 10.1 Å². The molecule has 120 valence electrons. The van der Waals surface area contributed by atoms with Crippen LogP contribution < -0.4 is 10.1 Å². The molecular weight excluding hydrogens is 330 g/mol.